The van der Waals surface area contributed by atoms with Crippen LogP contribution in [0.2, 0.25) is 0 Å². The van der Waals surface area contributed by atoms with Crippen molar-refractivity contribution in [3.63, 3.8) is 0 Å². The topological polar surface area (TPSA) is 61.2 Å². The van der Waals surface area contributed by atoms with E-state index in [9.17, 15) is 9.59 Å². The molecule has 0 unspecified atom stereocenters. The van der Waals surface area contributed by atoms with Crippen LogP contribution in [-0.4, -0.2) is 22.1 Å². The highest BCUT2D eigenvalue weighted by atomic mass is 79.9. The maximum Gasteiger partial charge on any atom is 0.307 e. The van der Waals surface area contributed by atoms with Gasteiger partial charge in [0.1, 0.15) is 0 Å². The molecule has 1 aromatic carbocycles. The fraction of sp³-hybridized carbons (Fsp3) is 0.308. The predicted molar refractivity (Wildman–Crippen MR) is 75.0 cm³/mol. The molecule has 2 aromatic rings. The monoisotopic (exact) mass is 324 g/mol. The molecular formula is C13H13BrN2O3. The molecule has 0 radical (unpaired) electrons. The van der Waals surface area contributed by atoms with Crippen molar-refractivity contribution in [3.8, 4) is 0 Å². The lowest BCUT2D eigenvalue weighted by atomic mass is 10.2. The zero-order valence-electron chi connectivity index (χ0n) is 10.4. The first-order valence-corrected chi connectivity index (χ1v) is 6.71. The predicted octanol–water partition coefficient (Wildman–Crippen LogP) is 2.11. The van der Waals surface area contributed by atoms with Crippen molar-refractivity contribution < 1.29 is 9.53 Å². The van der Waals surface area contributed by atoms with Crippen LogP contribution in [0.25, 0.3) is 10.9 Å². The number of hydrogen-bond donors (Lipinski definition) is 0. The summed E-state index contributed by atoms with van der Waals surface area (Å²) in [6, 6.07) is 5.29. The van der Waals surface area contributed by atoms with Crippen molar-refractivity contribution in [2.75, 3.05) is 6.61 Å². The molecule has 100 valence electrons. The molecule has 1 heterocycles. The number of aryl methyl sites for hydroxylation is 1. The molecule has 19 heavy (non-hydrogen) atoms. The number of halogens is 1. The Morgan fingerprint density at radius 3 is 3.00 bits per heavy atom. The molecule has 0 aliphatic heterocycles. The quantitative estimate of drug-likeness (QED) is 0.808. The average Bonchev–Trinajstić information content (AvgIpc) is 2.38. The van der Waals surface area contributed by atoms with Crippen molar-refractivity contribution in [2.24, 2.45) is 0 Å². The van der Waals surface area contributed by atoms with Gasteiger partial charge in [-0.25, -0.2) is 4.98 Å². The molecule has 0 saturated carbocycles. The second kappa shape index (κ2) is 5.97. The SMILES string of the molecule is CCOC(=O)CCn1cnc2cc(Br)ccc2c1=O. The highest BCUT2D eigenvalue weighted by Gasteiger charge is 2.07. The Kier molecular flexibility index (Phi) is 4.31. The third-order valence-electron chi connectivity index (χ3n) is 2.65. The molecule has 0 aliphatic rings. The van der Waals surface area contributed by atoms with Gasteiger partial charge in [-0.2, -0.15) is 0 Å². The molecule has 0 saturated heterocycles. The Hall–Kier alpha value is -1.69. The van der Waals surface area contributed by atoms with E-state index in [2.05, 4.69) is 20.9 Å². The fourth-order valence-electron chi connectivity index (χ4n) is 1.74. The molecule has 0 bridgehead atoms. The molecular weight excluding hydrogens is 312 g/mol. The molecule has 6 heteroatoms. The number of benzene rings is 1. The number of ether oxygens (including phenoxy) is 1. The number of nitrogens with zero attached hydrogens (tertiary/aromatic N) is 2. The Morgan fingerprint density at radius 2 is 2.26 bits per heavy atom. The lowest BCUT2D eigenvalue weighted by Gasteiger charge is -2.06. The van der Waals surface area contributed by atoms with Gasteiger partial charge in [0.15, 0.2) is 0 Å². The molecule has 0 fully saturated rings. The van der Waals surface area contributed by atoms with Gasteiger partial charge >= 0.3 is 5.97 Å². The first-order valence-electron chi connectivity index (χ1n) is 5.92. The van der Waals surface area contributed by atoms with E-state index in [1.54, 1.807) is 25.1 Å². The van der Waals surface area contributed by atoms with Gasteiger partial charge in [0.2, 0.25) is 0 Å². The van der Waals surface area contributed by atoms with Crippen LogP contribution in [0, 0.1) is 0 Å². The summed E-state index contributed by atoms with van der Waals surface area (Å²) < 4.78 is 7.12. The van der Waals surface area contributed by atoms with E-state index < -0.39 is 0 Å². The van der Waals surface area contributed by atoms with Crippen molar-refractivity contribution >= 4 is 32.8 Å². The van der Waals surface area contributed by atoms with Gasteiger partial charge in [0.05, 0.1) is 30.3 Å². The van der Waals surface area contributed by atoms with Crippen molar-refractivity contribution in [3.05, 3.63) is 39.4 Å². The summed E-state index contributed by atoms with van der Waals surface area (Å²) in [5.41, 5.74) is 0.480. The Morgan fingerprint density at radius 1 is 1.47 bits per heavy atom. The average molecular weight is 325 g/mol. The Labute approximate surface area is 118 Å². The molecule has 2 rings (SSSR count). The summed E-state index contributed by atoms with van der Waals surface area (Å²) in [4.78, 5) is 27.6. The Balaban J connectivity index is 2.26. The highest BCUT2D eigenvalue weighted by molar-refractivity contribution is 9.10. The van der Waals surface area contributed by atoms with Crippen LogP contribution < -0.4 is 5.56 Å². The largest absolute Gasteiger partial charge is 0.466 e. The number of hydrogen-bond acceptors (Lipinski definition) is 4. The number of aromatic nitrogens is 2. The minimum atomic E-state index is -0.315. The van der Waals surface area contributed by atoms with Crippen LogP contribution in [0.3, 0.4) is 0 Å². The van der Waals surface area contributed by atoms with Crippen LogP contribution in [0.4, 0.5) is 0 Å². The van der Waals surface area contributed by atoms with Gasteiger partial charge in [-0.05, 0) is 25.1 Å². The smallest absolute Gasteiger partial charge is 0.307 e. The summed E-state index contributed by atoms with van der Waals surface area (Å²) in [5, 5.41) is 0.537. The van der Waals surface area contributed by atoms with Crippen molar-refractivity contribution in [1.29, 1.82) is 0 Å². The van der Waals surface area contributed by atoms with E-state index in [4.69, 9.17) is 4.74 Å². The third kappa shape index (κ3) is 3.20. The highest BCUT2D eigenvalue weighted by Crippen LogP contribution is 2.14. The second-order valence-electron chi connectivity index (χ2n) is 3.96. The molecule has 0 spiro atoms. The number of rotatable bonds is 4. The van der Waals surface area contributed by atoms with Gasteiger partial charge in [-0.15, -0.1) is 0 Å². The van der Waals surface area contributed by atoms with Gasteiger partial charge in [0.25, 0.3) is 5.56 Å². The zero-order chi connectivity index (χ0) is 13.8. The number of carbonyl (C=O) groups is 1. The van der Waals surface area contributed by atoms with E-state index in [0.29, 0.717) is 17.5 Å². The minimum absolute atomic E-state index is 0.151. The summed E-state index contributed by atoms with van der Waals surface area (Å²) in [7, 11) is 0. The molecule has 1 aromatic heterocycles. The maximum atomic E-state index is 12.2. The first-order chi connectivity index (χ1) is 9.11. The number of esters is 1. The minimum Gasteiger partial charge on any atom is -0.466 e. The van der Waals surface area contributed by atoms with Crippen LogP contribution >= 0.6 is 15.9 Å². The van der Waals surface area contributed by atoms with Crippen molar-refractivity contribution in [2.45, 2.75) is 19.9 Å². The molecule has 0 amide bonds. The zero-order valence-corrected chi connectivity index (χ0v) is 12.0. The fourth-order valence-corrected chi connectivity index (χ4v) is 2.08. The van der Waals surface area contributed by atoms with Crippen molar-refractivity contribution in [1.82, 2.24) is 9.55 Å². The van der Waals surface area contributed by atoms with E-state index in [1.807, 2.05) is 0 Å². The Bertz CT molecular complexity index is 666. The summed E-state index contributed by atoms with van der Waals surface area (Å²) in [6.45, 7) is 2.37. The lowest BCUT2D eigenvalue weighted by molar-refractivity contribution is -0.143. The maximum absolute atomic E-state index is 12.2. The number of carbonyl (C=O) groups excluding carboxylic acids is 1. The van der Waals surface area contributed by atoms with Crippen LogP contribution in [0.15, 0.2) is 33.8 Å². The first kappa shape index (κ1) is 13.7. The van der Waals surface area contributed by atoms with Crippen LogP contribution in [0.5, 0.6) is 0 Å². The van der Waals surface area contributed by atoms with Gasteiger partial charge < -0.3 is 4.74 Å². The van der Waals surface area contributed by atoms with Crippen LogP contribution in [-0.2, 0) is 16.1 Å². The van der Waals surface area contributed by atoms with Crippen LogP contribution in [0.1, 0.15) is 13.3 Å². The summed E-state index contributed by atoms with van der Waals surface area (Å²) >= 11 is 3.33. The lowest BCUT2D eigenvalue weighted by Crippen LogP contribution is -2.22. The van der Waals surface area contributed by atoms with Gasteiger partial charge in [-0.3, -0.25) is 14.2 Å². The third-order valence-corrected chi connectivity index (χ3v) is 3.14. The summed E-state index contributed by atoms with van der Waals surface area (Å²) in [6.07, 6.45) is 1.62. The standard InChI is InChI=1S/C13H13BrN2O3/c1-2-19-12(17)5-6-16-8-15-11-7-9(14)3-4-10(11)13(16)18/h3-4,7-8H,2,5-6H2,1H3. The van der Waals surface area contributed by atoms with E-state index in [1.165, 1.54) is 10.9 Å². The molecule has 0 N–H and O–H groups in total. The molecule has 0 aliphatic carbocycles. The molecule has 5 nitrogen and oxygen atoms in total. The van der Waals surface area contributed by atoms with E-state index in [-0.39, 0.29) is 24.5 Å². The van der Waals surface area contributed by atoms with E-state index >= 15 is 0 Å². The normalized spacial score (nSPS) is 10.6. The number of fused-ring (bicyclic) bond motifs is 1. The van der Waals surface area contributed by atoms with Gasteiger partial charge in [-0.1, -0.05) is 15.9 Å². The summed E-state index contributed by atoms with van der Waals surface area (Å²) in [5.74, 6) is -0.315. The molecule has 0 atom stereocenters. The van der Waals surface area contributed by atoms with E-state index in [0.717, 1.165) is 4.47 Å². The van der Waals surface area contributed by atoms with Gasteiger partial charge in [0, 0.05) is 11.0 Å². The second-order valence-corrected chi connectivity index (χ2v) is 4.88.